The number of nitrogens with zero attached hydrogens (tertiary/aromatic N) is 2. The quantitative estimate of drug-likeness (QED) is 0.650. The van der Waals surface area contributed by atoms with E-state index in [0.29, 0.717) is 26.1 Å². The fourth-order valence-corrected chi connectivity index (χ4v) is 4.29. The lowest BCUT2D eigenvalue weighted by atomic mass is 10.0. The van der Waals surface area contributed by atoms with Crippen LogP contribution >= 0.6 is 0 Å². The molecular weight excluding hydrogens is 398 g/mol. The van der Waals surface area contributed by atoms with Gasteiger partial charge in [0.1, 0.15) is 0 Å². The van der Waals surface area contributed by atoms with Gasteiger partial charge < -0.3 is 10.2 Å². The van der Waals surface area contributed by atoms with Crippen LogP contribution in [0.25, 0.3) is 10.8 Å². The van der Waals surface area contributed by atoms with Gasteiger partial charge in [-0.25, -0.2) is 0 Å². The van der Waals surface area contributed by atoms with Crippen LogP contribution < -0.4 is 5.32 Å². The van der Waals surface area contributed by atoms with Crippen LogP contribution in [-0.4, -0.2) is 54.3 Å². The molecule has 0 aromatic heterocycles. The summed E-state index contributed by atoms with van der Waals surface area (Å²) in [6.45, 7) is 7.19. The van der Waals surface area contributed by atoms with E-state index in [-0.39, 0.29) is 17.9 Å². The van der Waals surface area contributed by atoms with Crippen LogP contribution in [0.2, 0.25) is 0 Å². The van der Waals surface area contributed by atoms with Crippen LogP contribution in [0.1, 0.15) is 29.7 Å². The highest BCUT2D eigenvalue weighted by Gasteiger charge is 2.23. The molecule has 0 aliphatic carbocycles. The average molecular weight is 430 g/mol. The number of amides is 2. The first-order valence-electron chi connectivity index (χ1n) is 11.3. The summed E-state index contributed by atoms with van der Waals surface area (Å²) in [5, 5.41) is 5.50. The van der Waals surface area contributed by atoms with Crippen molar-refractivity contribution in [2.45, 2.75) is 26.3 Å². The van der Waals surface area contributed by atoms with Crippen molar-refractivity contribution in [3.05, 3.63) is 83.4 Å². The first-order valence-corrected chi connectivity index (χ1v) is 11.3. The van der Waals surface area contributed by atoms with Crippen LogP contribution in [0, 0.1) is 6.92 Å². The number of benzene rings is 3. The van der Waals surface area contributed by atoms with Gasteiger partial charge >= 0.3 is 0 Å². The third-order valence-corrected chi connectivity index (χ3v) is 6.35. The molecule has 2 amide bonds. The second-order valence-electron chi connectivity index (χ2n) is 8.66. The van der Waals surface area contributed by atoms with E-state index in [1.54, 1.807) is 0 Å². The summed E-state index contributed by atoms with van der Waals surface area (Å²) in [6, 6.07) is 22.5. The smallest absolute Gasteiger partial charge is 0.234 e. The Bertz CT molecular complexity index is 1100. The molecule has 5 heteroatoms. The van der Waals surface area contributed by atoms with E-state index in [1.807, 2.05) is 55.1 Å². The van der Waals surface area contributed by atoms with Gasteiger partial charge in [0.2, 0.25) is 11.8 Å². The summed E-state index contributed by atoms with van der Waals surface area (Å²) < 4.78 is 0. The highest BCUT2D eigenvalue weighted by atomic mass is 16.2. The van der Waals surface area contributed by atoms with Crippen LogP contribution in [0.3, 0.4) is 0 Å². The number of piperazine rings is 1. The van der Waals surface area contributed by atoms with Crippen LogP contribution in [0.4, 0.5) is 0 Å². The molecule has 166 valence electrons. The monoisotopic (exact) mass is 429 g/mol. The molecule has 0 bridgehead atoms. The van der Waals surface area contributed by atoms with Crippen molar-refractivity contribution < 1.29 is 9.59 Å². The van der Waals surface area contributed by atoms with Crippen LogP contribution in [0.5, 0.6) is 0 Å². The largest absolute Gasteiger partial charge is 0.348 e. The van der Waals surface area contributed by atoms with Crippen molar-refractivity contribution in [2.24, 2.45) is 0 Å². The Labute approximate surface area is 190 Å². The van der Waals surface area contributed by atoms with E-state index in [1.165, 1.54) is 10.8 Å². The molecule has 0 saturated carbocycles. The summed E-state index contributed by atoms with van der Waals surface area (Å²) in [7, 11) is 0. The van der Waals surface area contributed by atoms with Crippen molar-refractivity contribution in [3.8, 4) is 0 Å². The van der Waals surface area contributed by atoms with Gasteiger partial charge in [0.05, 0.1) is 19.0 Å². The Kier molecular flexibility index (Phi) is 6.86. The Morgan fingerprint density at radius 2 is 1.59 bits per heavy atom. The molecule has 1 aliphatic rings. The molecule has 1 atom stereocenters. The molecular formula is C27H31N3O2. The maximum absolute atomic E-state index is 12.7. The molecule has 1 heterocycles. The van der Waals surface area contributed by atoms with Crippen molar-refractivity contribution in [3.63, 3.8) is 0 Å². The van der Waals surface area contributed by atoms with Crippen LogP contribution in [-0.2, 0) is 16.0 Å². The lowest BCUT2D eigenvalue weighted by Crippen LogP contribution is -2.51. The summed E-state index contributed by atoms with van der Waals surface area (Å²) in [5.41, 5.74) is 3.34. The summed E-state index contributed by atoms with van der Waals surface area (Å²) >= 11 is 0. The van der Waals surface area contributed by atoms with Crippen molar-refractivity contribution in [1.82, 2.24) is 15.1 Å². The van der Waals surface area contributed by atoms with Crippen molar-refractivity contribution in [2.75, 3.05) is 32.7 Å². The Morgan fingerprint density at radius 3 is 2.34 bits per heavy atom. The highest BCUT2D eigenvalue weighted by Crippen LogP contribution is 2.20. The minimum atomic E-state index is -0.0518. The number of hydrogen-bond donors (Lipinski definition) is 1. The van der Waals surface area contributed by atoms with Gasteiger partial charge in [-0.15, -0.1) is 0 Å². The number of nitrogens with one attached hydrogen (secondary N) is 1. The molecule has 1 unspecified atom stereocenters. The zero-order valence-electron chi connectivity index (χ0n) is 18.9. The SMILES string of the molecule is Cc1ccccc1CC(=O)N1CCN(CC(=O)NC(C)c2ccc3ccccc3c2)CC1. The van der Waals surface area contributed by atoms with Gasteiger partial charge in [0, 0.05) is 26.2 Å². The Hall–Kier alpha value is -3.18. The Morgan fingerprint density at radius 1 is 0.906 bits per heavy atom. The van der Waals surface area contributed by atoms with Gasteiger partial charge in [-0.05, 0) is 47.4 Å². The van der Waals surface area contributed by atoms with Gasteiger partial charge in [-0.1, -0.05) is 60.7 Å². The number of carbonyl (C=O) groups excluding carboxylic acids is 2. The minimum absolute atomic E-state index is 0.0188. The normalized spacial score (nSPS) is 15.5. The number of rotatable bonds is 6. The molecule has 0 radical (unpaired) electrons. The lowest BCUT2D eigenvalue weighted by molar-refractivity contribution is -0.132. The van der Waals surface area contributed by atoms with E-state index >= 15 is 0 Å². The second-order valence-corrected chi connectivity index (χ2v) is 8.66. The van der Waals surface area contributed by atoms with E-state index in [9.17, 15) is 9.59 Å². The van der Waals surface area contributed by atoms with Gasteiger partial charge in [-0.3, -0.25) is 14.5 Å². The Balaban J connectivity index is 1.25. The second kappa shape index (κ2) is 9.96. The molecule has 3 aromatic rings. The molecule has 1 aliphatic heterocycles. The predicted molar refractivity (Wildman–Crippen MR) is 128 cm³/mol. The molecule has 3 aromatic carbocycles. The van der Waals surface area contributed by atoms with E-state index in [2.05, 4.69) is 40.5 Å². The number of aryl methyl sites for hydroxylation is 1. The fourth-order valence-electron chi connectivity index (χ4n) is 4.29. The molecule has 1 N–H and O–H groups in total. The first-order chi connectivity index (χ1) is 15.5. The minimum Gasteiger partial charge on any atom is -0.348 e. The third kappa shape index (κ3) is 5.35. The molecule has 0 spiro atoms. The molecule has 4 rings (SSSR count). The molecule has 32 heavy (non-hydrogen) atoms. The highest BCUT2D eigenvalue weighted by molar-refractivity contribution is 5.84. The molecule has 1 saturated heterocycles. The van der Waals surface area contributed by atoms with Crippen molar-refractivity contribution >= 4 is 22.6 Å². The number of hydrogen-bond acceptors (Lipinski definition) is 3. The third-order valence-electron chi connectivity index (χ3n) is 6.35. The average Bonchev–Trinajstić information content (AvgIpc) is 2.80. The fraction of sp³-hybridized carbons (Fsp3) is 0.333. The van der Waals surface area contributed by atoms with Gasteiger partial charge in [-0.2, -0.15) is 0 Å². The zero-order chi connectivity index (χ0) is 22.5. The van der Waals surface area contributed by atoms with Gasteiger partial charge in [0.15, 0.2) is 0 Å². The number of carbonyl (C=O) groups is 2. The molecule has 5 nitrogen and oxygen atoms in total. The van der Waals surface area contributed by atoms with E-state index < -0.39 is 0 Å². The summed E-state index contributed by atoms with van der Waals surface area (Å²) in [4.78, 5) is 29.3. The lowest BCUT2D eigenvalue weighted by Gasteiger charge is -2.34. The standard InChI is InChI=1S/C27H31N3O2/c1-20-7-3-4-9-23(20)18-27(32)30-15-13-29(14-16-30)19-26(31)28-21(2)24-12-11-22-8-5-6-10-25(22)17-24/h3-12,17,21H,13-16,18-19H2,1-2H3,(H,28,31). The van der Waals surface area contributed by atoms with Crippen molar-refractivity contribution in [1.29, 1.82) is 0 Å². The molecule has 1 fully saturated rings. The van der Waals surface area contributed by atoms with E-state index in [0.717, 1.165) is 29.8 Å². The predicted octanol–water partition coefficient (Wildman–Crippen LogP) is 3.71. The van der Waals surface area contributed by atoms with E-state index in [4.69, 9.17) is 0 Å². The zero-order valence-corrected chi connectivity index (χ0v) is 18.9. The summed E-state index contributed by atoms with van der Waals surface area (Å²) in [6.07, 6.45) is 0.441. The number of fused-ring (bicyclic) bond motifs is 1. The topological polar surface area (TPSA) is 52.7 Å². The summed E-state index contributed by atoms with van der Waals surface area (Å²) in [5.74, 6) is 0.179. The first kappa shape index (κ1) is 22.0. The maximum Gasteiger partial charge on any atom is 0.234 e. The maximum atomic E-state index is 12.7. The van der Waals surface area contributed by atoms with Gasteiger partial charge in [0.25, 0.3) is 0 Å². The van der Waals surface area contributed by atoms with Crippen LogP contribution in [0.15, 0.2) is 66.7 Å².